The molecular formula is C16H21FN2O4. The molecule has 2 saturated heterocycles. The van der Waals surface area contributed by atoms with Crippen molar-refractivity contribution in [1.82, 2.24) is 9.88 Å². The molecule has 23 heavy (non-hydrogen) atoms. The molecule has 6 nitrogen and oxygen atoms in total. The number of aromatic nitrogens is 1. The zero-order valence-electron chi connectivity index (χ0n) is 12.9. The maximum atomic E-state index is 13.6. The van der Waals surface area contributed by atoms with Crippen molar-refractivity contribution in [2.45, 2.75) is 38.1 Å². The zero-order chi connectivity index (χ0) is 16.1. The molecule has 1 unspecified atom stereocenters. The van der Waals surface area contributed by atoms with E-state index in [2.05, 4.69) is 4.98 Å². The van der Waals surface area contributed by atoms with Crippen LogP contribution in [0.4, 0.5) is 4.39 Å². The summed E-state index contributed by atoms with van der Waals surface area (Å²) >= 11 is 0. The van der Waals surface area contributed by atoms with Crippen molar-refractivity contribution < 1.29 is 23.4 Å². The molecule has 0 aromatic carbocycles. The van der Waals surface area contributed by atoms with Gasteiger partial charge in [-0.3, -0.25) is 4.79 Å². The van der Waals surface area contributed by atoms with E-state index in [1.807, 2.05) is 0 Å². The maximum Gasteiger partial charge on any atom is 0.250 e. The van der Waals surface area contributed by atoms with Gasteiger partial charge in [0.15, 0.2) is 12.1 Å². The first-order valence-corrected chi connectivity index (χ1v) is 8.00. The Morgan fingerprint density at radius 2 is 2.22 bits per heavy atom. The van der Waals surface area contributed by atoms with Gasteiger partial charge in [0.25, 0.3) is 5.88 Å². The number of piperidine rings is 1. The summed E-state index contributed by atoms with van der Waals surface area (Å²) in [5, 5.41) is 0. The highest BCUT2D eigenvalue weighted by molar-refractivity contribution is 5.76. The average Bonchev–Trinajstić information content (AvgIpc) is 2.58. The van der Waals surface area contributed by atoms with Gasteiger partial charge in [0.1, 0.15) is 6.10 Å². The molecule has 2 fully saturated rings. The van der Waals surface area contributed by atoms with E-state index in [1.54, 1.807) is 4.90 Å². The molecule has 3 rings (SSSR count). The van der Waals surface area contributed by atoms with E-state index >= 15 is 0 Å². The molecule has 1 atom stereocenters. The van der Waals surface area contributed by atoms with Gasteiger partial charge >= 0.3 is 0 Å². The second-order valence-corrected chi connectivity index (χ2v) is 5.74. The lowest BCUT2D eigenvalue weighted by Gasteiger charge is -2.34. The van der Waals surface area contributed by atoms with E-state index < -0.39 is 12.1 Å². The summed E-state index contributed by atoms with van der Waals surface area (Å²) < 4.78 is 30.1. The third kappa shape index (κ3) is 4.39. The minimum atomic E-state index is -0.486. The molecule has 3 heterocycles. The number of ether oxygens (including phenoxy) is 3. The Morgan fingerprint density at radius 3 is 3.00 bits per heavy atom. The summed E-state index contributed by atoms with van der Waals surface area (Å²) in [6.45, 7) is 2.36. The lowest BCUT2D eigenvalue weighted by molar-refractivity contribution is -0.187. The SMILES string of the molecule is O=C(CC1OCCCO1)N1CCCC(Oc2ncccc2F)C1. The average molecular weight is 324 g/mol. The van der Waals surface area contributed by atoms with Crippen LogP contribution in [0.15, 0.2) is 18.3 Å². The molecule has 1 amide bonds. The van der Waals surface area contributed by atoms with Crippen molar-refractivity contribution in [2.24, 2.45) is 0 Å². The smallest absolute Gasteiger partial charge is 0.250 e. The van der Waals surface area contributed by atoms with Crippen LogP contribution < -0.4 is 4.74 Å². The van der Waals surface area contributed by atoms with Gasteiger partial charge in [0.05, 0.1) is 26.2 Å². The molecule has 0 bridgehead atoms. The predicted octanol–water partition coefficient (Wildman–Crippen LogP) is 1.74. The number of pyridine rings is 1. The molecule has 0 aliphatic carbocycles. The molecule has 126 valence electrons. The van der Waals surface area contributed by atoms with Gasteiger partial charge in [0, 0.05) is 12.7 Å². The summed E-state index contributed by atoms with van der Waals surface area (Å²) in [4.78, 5) is 18.0. The van der Waals surface area contributed by atoms with Gasteiger partial charge in [-0.15, -0.1) is 0 Å². The number of hydrogen-bond acceptors (Lipinski definition) is 5. The van der Waals surface area contributed by atoms with Crippen molar-refractivity contribution in [3.05, 3.63) is 24.1 Å². The number of rotatable bonds is 4. The van der Waals surface area contributed by atoms with E-state index in [1.165, 1.54) is 18.3 Å². The third-order valence-corrected chi connectivity index (χ3v) is 3.97. The van der Waals surface area contributed by atoms with Gasteiger partial charge in [-0.1, -0.05) is 0 Å². The van der Waals surface area contributed by atoms with E-state index in [9.17, 15) is 9.18 Å². The molecule has 2 aliphatic heterocycles. The molecule has 2 aliphatic rings. The first kappa shape index (κ1) is 16.1. The van der Waals surface area contributed by atoms with Crippen LogP contribution in [-0.2, 0) is 14.3 Å². The van der Waals surface area contributed by atoms with Gasteiger partial charge in [-0.05, 0) is 31.4 Å². The summed E-state index contributed by atoms with van der Waals surface area (Å²) in [6.07, 6.45) is 3.45. The number of carbonyl (C=O) groups excluding carboxylic acids is 1. The molecule has 1 aromatic rings. The topological polar surface area (TPSA) is 60.9 Å². The van der Waals surface area contributed by atoms with Crippen LogP contribution in [-0.4, -0.2) is 54.5 Å². The quantitative estimate of drug-likeness (QED) is 0.844. The fourth-order valence-electron chi connectivity index (χ4n) is 2.80. The van der Waals surface area contributed by atoms with Crippen molar-refractivity contribution in [1.29, 1.82) is 0 Å². The number of likely N-dealkylation sites (tertiary alicyclic amines) is 1. The van der Waals surface area contributed by atoms with E-state index in [-0.39, 0.29) is 24.3 Å². The molecular weight excluding hydrogens is 303 g/mol. The van der Waals surface area contributed by atoms with E-state index in [0.717, 1.165) is 19.3 Å². The lowest BCUT2D eigenvalue weighted by atomic mass is 10.1. The Balaban J connectivity index is 1.53. The Labute approximate surface area is 134 Å². The standard InChI is InChI=1S/C16H21FN2O4/c17-13-5-1-6-18-16(13)23-12-4-2-7-19(11-12)14(20)10-15-21-8-3-9-22-15/h1,5-6,12,15H,2-4,7-11H2. The number of carbonyl (C=O) groups is 1. The molecule has 7 heteroatoms. The first-order valence-electron chi connectivity index (χ1n) is 8.00. The third-order valence-electron chi connectivity index (χ3n) is 3.97. The van der Waals surface area contributed by atoms with Crippen LogP contribution in [0, 0.1) is 5.82 Å². The highest BCUT2D eigenvalue weighted by Gasteiger charge is 2.28. The Hall–Kier alpha value is -1.73. The van der Waals surface area contributed by atoms with Gasteiger partial charge in [-0.2, -0.15) is 0 Å². The molecule has 0 saturated carbocycles. The summed E-state index contributed by atoms with van der Waals surface area (Å²) in [5.74, 6) is -0.516. The molecule has 0 radical (unpaired) electrons. The minimum Gasteiger partial charge on any atom is -0.470 e. The van der Waals surface area contributed by atoms with Gasteiger partial charge in [-0.25, -0.2) is 9.37 Å². The minimum absolute atomic E-state index is 0.00857. The molecule has 1 aromatic heterocycles. The maximum absolute atomic E-state index is 13.6. The van der Waals surface area contributed by atoms with E-state index in [0.29, 0.717) is 26.3 Å². The van der Waals surface area contributed by atoms with E-state index in [4.69, 9.17) is 14.2 Å². The Bertz CT molecular complexity index is 537. The highest BCUT2D eigenvalue weighted by Crippen LogP contribution is 2.20. The van der Waals surface area contributed by atoms with Crippen molar-refractivity contribution in [3.8, 4) is 5.88 Å². The largest absolute Gasteiger partial charge is 0.470 e. The second-order valence-electron chi connectivity index (χ2n) is 5.74. The summed E-state index contributed by atoms with van der Waals surface area (Å²) in [6, 6.07) is 2.83. The highest BCUT2D eigenvalue weighted by atomic mass is 19.1. The summed E-state index contributed by atoms with van der Waals surface area (Å²) in [5.41, 5.74) is 0. The summed E-state index contributed by atoms with van der Waals surface area (Å²) in [7, 11) is 0. The monoisotopic (exact) mass is 324 g/mol. The second kappa shape index (κ2) is 7.70. The van der Waals surface area contributed by atoms with Gasteiger partial charge in [0.2, 0.25) is 5.91 Å². The van der Waals surface area contributed by atoms with Crippen molar-refractivity contribution >= 4 is 5.91 Å². The normalized spacial score (nSPS) is 22.8. The number of amides is 1. The lowest BCUT2D eigenvalue weighted by Crippen LogP contribution is -2.46. The van der Waals surface area contributed by atoms with Crippen LogP contribution in [0.2, 0.25) is 0 Å². The number of hydrogen-bond donors (Lipinski definition) is 0. The van der Waals surface area contributed by atoms with Crippen LogP contribution in [0.1, 0.15) is 25.7 Å². The fraction of sp³-hybridized carbons (Fsp3) is 0.625. The number of nitrogens with zero attached hydrogens (tertiary/aromatic N) is 2. The zero-order valence-corrected chi connectivity index (χ0v) is 12.9. The molecule has 0 spiro atoms. The predicted molar refractivity (Wildman–Crippen MR) is 79.4 cm³/mol. The Kier molecular flexibility index (Phi) is 5.40. The van der Waals surface area contributed by atoms with Crippen LogP contribution >= 0.6 is 0 Å². The molecule has 0 N–H and O–H groups in total. The van der Waals surface area contributed by atoms with Gasteiger partial charge < -0.3 is 19.1 Å². The van der Waals surface area contributed by atoms with Crippen LogP contribution in [0.3, 0.4) is 0 Å². The van der Waals surface area contributed by atoms with Crippen LogP contribution in [0.5, 0.6) is 5.88 Å². The number of halogens is 1. The van der Waals surface area contributed by atoms with Crippen molar-refractivity contribution in [2.75, 3.05) is 26.3 Å². The fourth-order valence-corrected chi connectivity index (χ4v) is 2.80. The van der Waals surface area contributed by atoms with Crippen LogP contribution in [0.25, 0.3) is 0 Å². The first-order chi connectivity index (χ1) is 11.2. The Morgan fingerprint density at radius 1 is 1.39 bits per heavy atom. The van der Waals surface area contributed by atoms with Crippen molar-refractivity contribution in [3.63, 3.8) is 0 Å².